The van der Waals surface area contributed by atoms with Gasteiger partial charge in [0, 0.05) is 5.38 Å². The number of carbonyl (C=O) groups excluding carboxylic acids is 1. The Morgan fingerprint density at radius 1 is 1.19 bits per heavy atom. The van der Waals surface area contributed by atoms with Crippen LogP contribution in [0.25, 0.3) is 10.6 Å². The fraction of sp³-hybridized carbons (Fsp3) is 0.111. The van der Waals surface area contributed by atoms with Crippen molar-refractivity contribution in [1.82, 2.24) is 4.98 Å². The van der Waals surface area contributed by atoms with Crippen molar-refractivity contribution in [1.29, 1.82) is 0 Å². The summed E-state index contributed by atoms with van der Waals surface area (Å²) in [4.78, 5) is 16.4. The van der Waals surface area contributed by atoms with Crippen molar-refractivity contribution < 1.29 is 27.1 Å². The van der Waals surface area contributed by atoms with E-state index < -0.39 is 29.2 Å². The lowest BCUT2D eigenvalue weighted by atomic mass is 10.2. The number of halogens is 4. The van der Waals surface area contributed by atoms with Crippen LogP contribution in [0.4, 0.5) is 23.2 Å². The number of hydrogen-bond donors (Lipinski definition) is 1. The largest absolute Gasteiger partial charge is 0.496 e. The van der Waals surface area contributed by atoms with Crippen LogP contribution in [0.1, 0.15) is 16.1 Å². The third-order valence-electron chi connectivity index (χ3n) is 3.62. The number of amides is 1. The highest BCUT2D eigenvalue weighted by atomic mass is 32.1. The lowest BCUT2D eigenvalue weighted by Crippen LogP contribution is -2.15. The number of nitrogens with zero attached hydrogens (tertiary/aromatic N) is 1. The molecule has 3 aromatic rings. The number of alkyl halides is 3. The molecule has 140 valence electrons. The fourth-order valence-electron chi connectivity index (χ4n) is 2.31. The van der Waals surface area contributed by atoms with Crippen molar-refractivity contribution in [3.63, 3.8) is 0 Å². The van der Waals surface area contributed by atoms with Crippen LogP contribution in [0.2, 0.25) is 0 Å². The van der Waals surface area contributed by atoms with E-state index in [1.807, 2.05) is 0 Å². The van der Waals surface area contributed by atoms with E-state index in [-0.39, 0.29) is 5.69 Å². The van der Waals surface area contributed by atoms with Gasteiger partial charge in [0.15, 0.2) is 0 Å². The van der Waals surface area contributed by atoms with E-state index in [0.29, 0.717) is 34.5 Å². The van der Waals surface area contributed by atoms with Gasteiger partial charge in [-0.25, -0.2) is 9.37 Å². The van der Waals surface area contributed by atoms with Crippen molar-refractivity contribution in [3.8, 4) is 16.3 Å². The van der Waals surface area contributed by atoms with Gasteiger partial charge in [-0.15, -0.1) is 11.3 Å². The van der Waals surface area contributed by atoms with E-state index in [0.717, 1.165) is 11.3 Å². The van der Waals surface area contributed by atoms with Crippen molar-refractivity contribution in [3.05, 3.63) is 64.9 Å². The van der Waals surface area contributed by atoms with Crippen LogP contribution < -0.4 is 10.1 Å². The summed E-state index contributed by atoms with van der Waals surface area (Å²) in [6, 6.07) is 8.84. The number of nitrogens with one attached hydrogen (secondary N) is 1. The molecule has 0 aliphatic carbocycles. The highest BCUT2D eigenvalue weighted by Gasteiger charge is 2.31. The first kappa shape index (κ1) is 18.8. The number of hydrogen-bond acceptors (Lipinski definition) is 4. The van der Waals surface area contributed by atoms with Gasteiger partial charge < -0.3 is 10.1 Å². The maximum atomic E-state index is 13.8. The van der Waals surface area contributed by atoms with Gasteiger partial charge in [-0.2, -0.15) is 13.2 Å². The number of methoxy groups -OCH3 is 1. The number of carbonyl (C=O) groups is 1. The van der Waals surface area contributed by atoms with Gasteiger partial charge in [0.25, 0.3) is 5.91 Å². The molecule has 0 radical (unpaired) electrons. The predicted molar refractivity (Wildman–Crippen MR) is 93.5 cm³/mol. The molecule has 1 aromatic heterocycles. The summed E-state index contributed by atoms with van der Waals surface area (Å²) in [6.07, 6.45) is -4.65. The van der Waals surface area contributed by atoms with Crippen LogP contribution in [0.5, 0.6) is 5.75 Å². The first-order valence-electron chi connectivity index (χ1n) is 7.56. The molecular weight excluding hydrogens is 384 g/mol. The first-order chi connectivity index (χ1) is 12.8. The van der Waals surface area contributed by atoms with E-state index in [9.17, 15) is 22.4 Å². The van der Waals surface area contributed by atoms with E-state index in [2.05, 4.69) is 10.3 Å². The predicted octanol–water partition coefficient (Wildman–Crippen LogP) is 5.23. The van der Waals surface area contributed by atoms with Gasteiger partial charge in [0.1, 0.15) is 22.3 Å². The molecule has 9 heteroatoms. The van der Waals surface area contributed by atoms with Gasteiger partial charge in [-0.3, -0.25) is 4.79 Å². The molecule has 0 spiro atoms. The fourth-order valence-corrected chi connectivity index (χ4v) is 3.14. The summed E-state index contributed by atoms with van der Waals surface area (Å²) in [5.41, 5.74) is -1.01. The Kier molecular flexibility index (Phi) is 5.13. The summed E-state index contributed by atoms with van der Waals surface area (Å²) >= 11 is 1.16. The summed E-state index contributed by atoms with van der Waals surface area (Å²) in [6.45, 7) is 0. The van der Waals surface area contributed by atoms with Crippen LogP contribution in [0.15, 0.2) is 47.8 Å². The minimum Gasteiger partial charge on any atom is -0.496 e. The third-order valence-corrected chi connectivity index (χ3v) is 4.49. The molecule has 0 unspecified atom stereocenters. The number of rotatable bonds is 4. The molecule has 1 amide bonds. The summed E-state index contributed by atoms with van der Waals surface area (Å²) in [5.74, 6) is -1.23. The number of aromatic nitrogens is 1. The second-order valence-electron chi connectivity index (χ2n) is 5.38. The molecule has 0 saturated carbocycles. The summed E-state index contributed by atoms with van der Waals surface area (Å²) in [5, 5.41) is 4.05. The van der Waals surface area contributed by atoms with E-state index in [4.69, 9.17) is 4.74 Å². The SMILES string of the molecule is COc1ccccc1-c1nc(C(=O)Nc2cc(C(F)(F)F)ccc2F)cs1. The standard InChI is InChI=1S/C18H12F4N2O2S/c1-26-15-5-3-2-4-11(15)17-24-14(9-27-17)16(25)23-13-8-10(18(20,21)22)6-7-12(13)19/h2-9H,1H3,(H,23,25). The molecule has 1 heterocycles. The van der Waals surface area contributed by atoms with Gasteiger partial charge in [-0.05, 0) is 30.3 Å². The van der Waals surface area contributed by atoms with E-state index in [1.54, 1.807) is 24.3 Å². The molecule has 0 aliphatic heterocycles. The summed E-state index contributed by atoms with van der Waals surface area (Å²) in [7, 11) is 1.50. The quantitative estimate of drug-likeness (QED) is 0.615. The van der Waals surface area contributed by atoms with Crippen molar-refractivity contribution in [2.75, 3.05) is 12.4 Å². The Bertz CT molecular complexity index is 985. The minimum atomic E-state index is -4.65. The monoisotopic (exact) mass is 396 g/mol. The minimum absolute atomic E-state index is 0.0438. The zero-order chi connectivity index (χ0) is 19.6. The Labute approximate surface area is 155 Å². The molecule has 0 bridgehead atoms. The van der Waals surface area contributed by atoms with Crippen molar-refractivity contribution in [2.45, 2.75) is 6.18 Å². The Morgan fingerprint density at radius 3 is 2.63 bits per heavy atom. The third kappa shape index (κ3) is 4.08. The second-order valence-corrected chi connectivity index (χ2v) is 6.24. The average Bonchev–Trinajstić information content (AvgIpc) is 3.12. The highest BCUT2D eigenvalue weighted by Crippen LogP contribution is 2.33. The summed E-state index contributed by atoms with van der Waals surface area (Å²) < 4.78 is 57.3. The molecule has 0 fully saturated rings. The maximum Gasteiger partial charge on any atom is 0.416 e. The zero-order valence-corrected chi connectivity index (χ0v) is 14.6. The smallest absolute Gasteiger partial charge is 0.416 e. The molecule has 1 N–H and O–H groups in total. The molecule has 0 atom stereocenters. The highest BCUT2D eigenvalue weighted by molar-refractivity contribution is 7.13. The van der Waals surface area contributed by atoms with Crippen LogP contribution in [-0.4, -0.2) is 18.0 Å². The lowest BCUT2D eigenvalue weighted by Gasteiger charge is -2.10. The molecule has 4 nitrogen and oxygen atoms in total. The molecule has 27 heavy (non-hydrogen) atoms. The molecular formula is C18H12F4N2O2S. The Morgan fingerprint density at radius 2 is 1.93 bits per heavy atom. The number of ether oxygens (including phenoxy) is 1. The number of para-hydroxylation sites is 1. The van der Waals surface area contributed by atoms with Crippen LogP contribution in [0.3, 0.4) is 0 Å². The van der Waals surface area contributed by atoms with Gasteiger partial charge in [0.2, 0.25) is 0 Å². The van der Waals surface area contributed by atoms with Crippen molar-refractivity contribution >= 4 is 22.9 Å². The normalized spacial score (nSPS) is 11.3. The van der Waals surface area contributed by atoms with Gasteiger partial charge in [0.05, 0.1) is 23.9 Å². The van der Waals surface area contributed by atoms with E-state index >= 15 is 0 Å². The van der Waals surface area contributed by atoms with Crippen LogP contribution in [-0.2, 0) is 6.18 Å². The molecule has 2 aromatic carbocycles. The Hall–Kier alpha value is -2.94. The van der Waals surface area contributed by atoms with Crippen LogP contribution in [0, 0.1) is 5.82 Å². The number of anilines is 1. The number of benzene rings is 2. The molecule has 0 aliphatic rings. The van der Waals surface area contributed by atoms with E-state index in [1.165, 1.54) is 12.5 Å². The molecule has 0 saturated heterocycles. The second kappa shape index (κ2) is 7.36. The topological polar surface area (TPSA) is 51.2 Å². The maximum absolute atomic E-state index is 13.8. The average molecular weight is 396 g/mol. The first-order valence-corrected chi connectivity index (χ1v) is 8.44. The lowest BCUT2D eigenvalue weighted by molar-refractivity contribution is -0.137. The molecule has 3 rings (SSSR count). The zero-order valence-electron chi connectivity index (χ0n) is 13.8. The Balaban J connectivity index is 1.85. The van der Waals surface area contributed by atoms with Crippen molar-refractivity contribution in [2.24, 2.45) is 0 Å². The van der Waals surface area contributed by atoms with Crippen LogP contribution >= 0.6 is 11.3 Å². The number of thiazole rings is 1. The van der Waals surface area contributed by atoms with Gasteiger partial charge >= 0.3 is 6.18 Å². The van der Waals surface area contributed by atoms with Gasteiger partial charge in [-0.1, -0.05) is 12.1 Å².